The van der Waals surface area contributed by atoms with Crippen molar-refractivity contribution in [3.05, 3.63) is 52.1 Å². The second-order valence-corrected chi connectivity index (χ2v) is 5.35. The number of rotatable bonds is 2. The summed E-state index contributed by atoms with van der Waals surface area (Å²) < 4.78 is 0. The smallest absolute Gasteiger partial charge is 0.0618 e. The molecule has 0 aliphatic rings. The Bertz CT molecular complexity index is 601. The summed E-state index contributed by atoms with van der Waals surface area (Å²) in [6, 6.07) is 8.34. The Kier molecular flexibility index (Phi) is 3.52. The number of hydrogen-bond donors (Lipinski definition) is 2. The van der Waals surface area contributed by atoms with E-state index in [2.05, 4.69) is 45.1 Å². The van der Waals surface area contributed by atoms with Crippen molar-refractivity contribution in [2.24, 2.45) is 0 Å². The Balaban J connectivity index is 2.49. The Morgan fingerprint density at radius 2 is 1.42 bits per heavy atom. The standard InChI is InChI=1S/C17H22N2/c1-10-6-7-16(15(18)8-10)19-17-13(4)11(2)9-12(3)14(17)5/h6-9,19H,18H2,1-5H3. The molecule has 2 heteroatoms. The molecule has 100 valence electrons. The SMILES string of the molecule is Cc1ccc(Nc2c(C)c(C)cc(C)c2C)c(N)c1. The zero-order valence-electron chi connectivity index (χ0n) is 12.4. The monoisotopic (exact) mass is 254 g/mol. The van der Waals surface area contributed by atoms with Gasteiger partial charge in [0.25, 0.3) is 0 Å². The summed E-state index contributed by atoms with van der Waals surface area (Å²) in [6.07, 6.45) is 0. The maximum absolute atomic E-state index is 6.08. The lowest BCUT2D eigenvalue weighted by Gasteiger charge is -2.18. The van der Waals surface area contributed by atoms with Crippen LogP contribution in [0, 0.1) is 34.6 Å². The fourth-order valence-corrected chi connectivity index (χ4v) is 2.34. The molecule has 0 spiro atoms. The third kappa shape index (κ3) is 2.58. The minimum absolute atomic E-state index is 0.790. The maximum Gasteiger partial charge on any atom is 0.0618 e. The Morgan fingerprint density at radius 1 is 0.842 bits per heavy atom. The van der Waals surface area contributed by atoms with Gasteiger partial charge in [0.15, 0.2) is 0 Å². The van der Waals surface area contributed by atoms with E-state index in [9.17, 15) is 0 Å². The highest BCUT2D eigenvalue weighted by atomic mass is 14.9. The van der Waals surface area contributed by atoms with Gasteiger partial charge in [0.1, 0.15) is 0 Å². The highest BCUT2D eigenvalue weighted by molar-refractivity contribution is 5.77. The summed E-state index contributed by atoms with van der Waals surface area (Å²) in [6.45, 7) is 10.6. The molecule has 2 nitrogen and oxygen atoms in total. The molecule has 0 unspecified atom stereocenters. The predicted molar refractivity (Wildman–Crippen MR) is 84.3 cm³/mol. The fraction of sp³-hybridized carbons (Fsp3) is 0.294. The summed E-state index contributed by atoms with van der Waals surface area (Å²) in [4.78, 5) is 0. The van der Waals surface area contributed by atoms with E-state index < -0.39 is 0 Å². The molecular formula is C17H22N2. The van der Waals surface area contributed by atoms with E-state index >= 15 is 0 Å². The molecular weight excluding hydrogens is 232 g/mol. The molecule has 0 bridgehead atoms. The number of aryl methyl sites for hydroxylation is 3. The minimum Gasteiger partial charge on any atom is -0.397 e. The van der Waals surface area contributed by atoms with E-state index in [1.807, 2.05) is 19.1 Å². The zero-order valence-corrected chi connectivity index (χ0v) is 12.4. The van der Waals surface area contributed by atoms with E-state index in [4.69, 9.17) is 5.73 Å². The quantitative estimate of drug-likeness (QED) is 0.771. The average Bonchev–Trinajstić information content (AvgIpc) is 2.34. The molecule has 0 saturated carbocycles. The number of anilines is 3. The molecule has 0 saturated heterocycles. The normalized spacial score (nSPS) is 10.6. The molecule has 0 fully saturated rings. The van der Waals surface area contributed by atoms with Crippen molar-refractivity contribution in [2.45, 2.75) is 34.6 Å². The minimum atomic E-state index is 0.790. The highest BCUT2D eigenvalue weighted by Crippen LogP contribution is 2.31. The van der Waals surface area contributed by atoms with E-state index in [0.29, 0.717) is 0 Å². The number of nitrogens with one attached hydrogen (secondary N) is 1. The second-order valence-electron chi connectivity index (χ2n) is 5.35. The van der Waals surface area contributed by atoms with Gasteiger partial charge in [-0.1, -0.05) is 12.1 Å². The summed E-state index contributed by atoms with van der Waals surface area (Å²) >= 11 is 0. The lowest BCUT2D eigenvalue weighted by atomic mass is 9.98. The van der Waals surface area contributed by atoms with Crippen LogP contribution in [0.4, 0.5) is 17.1 Å². The molecule has 0 radical (unpaired) electrons. The Hall–Kier alpha value is -1.96. The molecule has 2 aromatic carbocycles. The van der Waals surface area contributed by atoms with Gasteiger partial charge in [-0.05, 0) is 74.6 Å². The van der Waals surface area contributed by atoms with E-state index in [1.165, 1.54) is 33.5 Å². The Labute approximate surface area is 115 Å². The van der Waals surface area contributed by atoms with Gasteiger partial charge in [0, 0.05) is 5.69 Å². The third-order valence-electron chi connectivity index (χ3n) is 3.83. The van der Waals surface area contributed by atoms with Crippen LogP contribution in [0.15, 0.2) is 24.3 Å². The van der Waals surface area contributed by atoms with Gasteiger partial charge in [-0.15, -0.1) is 0 Å². The largest absolute Gasteiger partial charge is 0.397 e. The van der Waals surface area contributed by atoms with Gasteiger partial charge in [0.05, 0.1) is 11.4 Å². The lowest BCUT2D eigenvalue weighted by molar-refractivity contribution is 1.24. The van der Waals surface area contributed by atoms with Crippen LogP contribution in [0.2, 0.25) is 0 Å². The molecule has 0 atom stereocenters. The zero-order chi connectivity index (χ0) is 14.2. The van der Waals surface area contributed by atoms with Crippen molar-refractivity contribution in [2.75, 3.05) is 11.1 Å². The number of benzene rings is 2. The second kappa shape index (κ2) is 4.96. The average molecular weight is 254 g/mol. The van der Waals surface area contributed by atoms with Crippen molar-refractivity contribution in [3.8, 4) is 0 Å². The van der Waals surface area contributed by atoms with Crippen LogP contribution in [-0.2, 0) is 0 Å². The van der Waals surface area contributed by atoms with Crippen LogP contribution in [0.3, 0.4) is 0 Å². The van der Waals surface area contributed by atoms with Gasteiger partial charge in [-0.2, -0.15) is 0 Å². The van der Waals surface area contributed by atoms with Crippen molar-refractivity contribution in [1.82, 2.24) is 0 Å². The van der Waals surface area contributed by atoms with Gasteiger partial charge >= 0.3 is 0 Å². The third-order valence-corrected chi connectivity index (χ3v) is 3.83. The number of hydrogen-bond acceptors (Lipinski definition) is 2. The van der Waals surface area contributed by atoms with Crippen LogP contribution in [-0.4, -0.2) is 0 Å². The van der Waals surface area contributed by atoms with Crippen LogP contribution in [0.5, 0.6) is 0 Å². The first-order valence-corrected chi connectivity index (χ1v) is 6.60. The fourth-order valence-electron chi connectivity index (χ4n) is 2.34. The van der Waals surface area contributed by atoms with Gasteiger partial charge < -0.3 is 11.1 Å². The first kappa shape index (κ1) is 13.5. The number of nitrogen functional groups attached to an aromatic ring is 1. The molecule has 19 heavy (non-hydrogen) atoms. The summed E-state index contributed by atoms with van der Waals surface area (Å²) in [5.41, 5.74) is 15.4. The summed E-state index contributed by atoms with van der Waals surface area (Å²) in [5.74, 6) is 0. The first-order valence-electron chi connectivity index (χ1n) is 6.60. The molecule has 0 aliphatic heterocycles. The predicted octanol–water partition coefficient (Wildman–Crippen LogP) is 4.55. The van der Waals surface area contributed by atoms with Crippen molar-refractivity contribution in [3.63, 3.8) is 0 Å². The summed E-state index contributed by atoms with van der Waals surface area (Å²) in [5, 5.41) is 3.49. The van der Waals surface area contributed by atoms with Crippen LogP contribution >= 0.6 is 0 Å². The topological polar surface area (TPSA) is 38.0 Å². The molecule has 2 aromatic rings. The Morgan fingerprint density at radius 3 is 1.95 bits per heavy atom. The highest BCUT2D eigenvalue weighted by Gasteiger charge is 2.09. The van der Waals surface area contributed by atoms with Crippen molar-refractivity contribution >= 4 is 17.1 Å². The lowest BCUT2D eigenvalue weighted by Crippen LogP contribution is -2.02. The molecule has 0 aliphatic carbocycles. The van der Waals surface area contributed by atoms with E-state index in [-0.39, 0.29) is 0 Å². The van der Waals surface area contributed by atoms with Crippen molar-refractivity contribution in [1.29, 1.82) is 0 Å². The van der Waals surface area contributed by atoms with Gasteiger partial charge in [-0.25, -0.2) is 0 Å². The molecule has 0 aromatic heterocycles. The molecule has 2 rings (SSSR count). The first-order chi connectivity index (χ1) is 8.90. The molecule has 0 heterocycles. The summed E-state index contributed by atoms with van der Waals surface area (Å²) in [7, 11) is 0. The molecule has 3 N–H and O–H groups in total. The molecule has 0 amide bonds. The maximum atomic E-state index is 6.08. The van der Waals surface area contributed by atoms with Crippen LogP contribution < -0.4 is 11.1 Å². The van der Waals surface area contributed by atoms with Crippen LogP contribution in [0.25, 0.3) is 0 Å². The van der Waals surface area contributed by atoms with Gasteiger partial charge in [-0.3, -0.25) is 0 Å². The van der Waals surface area contributed by atoms with E-state index in [0.717, 1.165) is 11.4 Å². The number of nitrogens with two attached hydrogens (primary N) is 1. The van der Waals surface area contributed by atoms with Crippen LogP contribution in [0.1, 0.15) is 27.8 Å². The van der Waals surface area contributed by atoms with Crippen molar-refractivity contribution < 1.29 is 0 Å². The van der Waals surface area contributed by atoms with E-state index in [1.54, 1.807) is 0 Å². The van der Waals surface area contributed by atoms with Gasteiger partial charge in [0.2, 0.25) is 0 Å².